The molecule has 2 aromatic carbocycles. The molecular weight excluding hydrogens is 440 g/mol. The molecular formula is C21H17BrN2O3S. The molecule has 0 bridgehead atoms. The number of fused-ring (bicyclic) bond motifs is 1. The largest absolute Gasteiger partial charge is 0.343 e. The maximum Gasteiger partial charge on any atom is 0.343 e. The second kappa shape index (κ2) is 7.07. The smallest absolute Gasteiger partial charge is 0.263 e. The Labute approximate surface area is 172 Å². The number of carbonyl (C=O) groups is 1. The summed E-state index contributed by atoms with van der Waals surface area (Å²) >= 11 is 3.38. The summed E-state index contributed by atoms with van der Waals surface area (Å²) in [5.74, 6) is 0. The fourth-order valence-electron chi connectivity index (χ4n) is 3.24. The third-order valence-electron chi connectivity index (χ3n) is 4.64. The van der Waals surface area contributed by atoms with E-state index in [0.717, 1.165) is 14.3 Å². The summed E-state index contributed by atoms with van der Waals surface area (Å²) in [7, 11) is -4.03. The highest BCUT2D eigenvalue weighted by atomic mass is 79.9. The van der Waals surface area contributed by atoms with E-state index in [9.17, 15) is 13.2 Å². The molecule has 0 N–H and O–H groups in total. The number of hydrogen-bond acceptors (Lipinski definition) is 3. The Balaban J connectivity index is 1.85. The molecule has 4 rings (SSSR count). The van der Waals surface area contributed by atoms with E-state index in [2.05, 4.69) is 15.9 Å². The number of anilines is 1. The second-order valence-corrected chi connectivity index (χ2v) is 9.25. The van der Waals surface area contributed by atoms with Gasteiger partial charge in [-0.05, 0) is 49.4 Å². The van der Waals surface area contributed by atoms with E-state index < -0.39 is 22.1 Å². The van der Waals surface area contributed by atoms with E-state index in [4.69, 9.17) is 0 Å². The summed E-state index contributed by atoms with van der Waals surface area (Å²) in [4.78, 5) is 14.9. The van der Waals surface area contributed by atoms with Crippen LogP contribution in [0, 0.1) is 6.92 Å². The minimum absolute atomic E-state index is 0.0917. The highest BCUT2D eigenvalue weighted by molar-refractivity contribution is 9.10. The Bertz CT molecular complexity index is 1120. The number of sulfonamides is 1. The van der Waals surface area contributed by atoms with Crippen LogP contribution in [0.2, 0.25) is 0 Å². The van der Waals surface area contributed by atoms with Gasteiger partial charge in [0, 0.05) is 4.47 Å². The Morgan fingerprint density at radius 1 is 0.929 bits per heavy atom. The maximum atomic E-state index is 13.3. The van der Waals surface area contributed by atoms with Crippen molar-refractivity contribution in [3.8, 4) is 0 Å². The first-order chi connectivity index (χ1) is 13.4. The first-order valence-corrected chi connectivity index (χ1v) is 10.9. The molecule has 2 amide bonds. The quantitative estimate of drug-likeness (QED) is 0.668. The van der Waals surface area contributed by atoms with E-state index >= 15 is 0 Å². The number of urea groups is 1. The van der Waals surface area contributed by atoms with Gasteiger partial charge in [0.25, 0.3) is 10.0 Å². The third kappa shape index (κ3) is 3.10. The van der Waals surface area contributed by atoms with Gasteiger partial charge in [-0.25, -0.2) is 17.5 Å². The van der Waals surface area contributed by atoms with E-state index in [1.165, 1.54) is 17.0 Å². The molecule has 142 valence electrons. The number of rotatable bonds is 3. The number of amides is 2. The number of carbonyl (C=O) groups excluding carboxylic acids is 1. The summed E-state index contributed by atoms with van der Waals surface area (Å²) in [5.41, 5.74) is 2.14. The molecule has 7 heteroatoms. The molecule has 1 aliphatic heterocycles. The SMILES string of the molecule is Cc1ccc(S(=O)(=O)N2C(=O)N(c3ccc(Br)cc3)C3=CC=CC=CC32)cc1. The van der Waals surface area contributed by atoms with Crippen LogP contribution in [-0.4, -0.2) is 24.8 Å². The maximum absolute atomic E-state index is 13.3. The fourth-order valence-corrected chi connectivity index (χ4v) is 4.98. The summed E-state index contributed by atoms with van der Waals surface area (Å²) in [6, 6.07) is 12.4. The van der Waals surface area contributed by atoms with E-state index in [-0.39, 0.29) is 4.90 Å². The average molecular weight is 457 g/mol. The van der Waals surface area contributed by atoms with Crippen molar-refractivity contribution in [3.63, 3.8) is 0 Å². The van der Waals surface area contributed by atoms with Crippen LogP contribution in [0.25, 0.3) is 0 Å². The molecule has 0 radical (unpaired) electrons. The van der Waals surface area contributed by atoms with Crippen molar-refractivity contribution in [2.24, 2.45) is 0 Å². The molecule has 0 aromatic heterocycles. The zero-order valence-corrected chi connectivity index (χ0v) is 17.4. The Morgan fingerprint density at radius 3 is 2.29 bits per heavy atom. The van der Waals surface area contributed by atoms with Gasteiger partial charge in [0.2, 0.25) is 0 Å². The van der Waals surface area contributed by atoms with Gasteiger partial charge in [-0.15, -0.1) is 0 Å². The van der Waals surface area contributed by atoms with Crippen molar-refractivity contribution < 1.29 is 13.2 Å². The van der Waals surface area contributed by atoms with Crippen molar-refractivity contribution in [3.05, 3.63) is 94.6 Å². The molecule has 28 heavy (non-hydrogen) atoms. The number of nitrogens with zero attached hydrogens (tertiary/aromatic N) is 2. The molecule has 1 saturated heterocycles. The van der Waals surface area contributed by atoms with Crippen LogP contribution in [0.5, 0.6) is 0 Å². The van der Waals surface area contributed by atoms with Gasteiger partial charge in [0.1, 0.15) is 6.04 Å². The lowest BCUT2D eigenvalue weighted by atomic mass is 10.2. The van der Waals surface area contributed by atoms with Gasteiger partial charge in [0.05, 0.1) is 16.3 Å². The van der Waals surface area contributed by atoms with Gasteiger partial charge in [-0.3, -0.25) is 4.90 Å². The van der Waals surface area contributed by atoms with Crippen LogP contribution >= 0.6 is 15.9 Å². The van der Waals surface area contributed by atoms with Crippen molar-refractivity contribution in [1.82, 2.24) is 4.31 Å². The van der Waals surface area contributed by atoms with Crippen LogP contribution in [0.1, 0.15) is 5.56 Å². The molecule has 2 aromatic rings. The number of allylic oxidation sites excluding steroid dienone is 4. The summed E-state index contributed by atoms with van der Waals surface area (Å²) in [6.45, 7) is 1.88. The van der Waals surface area contributed by atoms with Crippen LogP contribution in [-0.2, 0) is 10.0 Å². The Morgan fingerprint density at radius 2 is 1.61 bits per heavy atom. The molecule has 2 aliphatic rings. The van der Waals surface area contributed by atoms with Gasteiger partial charge >= 0.3 is 6.03 Å². The molecule has 1 fully saturated rings. The van der Waals surface area contributed by atoms with Crippen molar-refractivity contribution >= 4 is 37.7 Å². The van der Waals surface area contributed by atoms with E-state index in [0.29, 0.717) is 11.4 Å². The molecule has 1 unspecified atom stereocenters. The Kier molecular flexibility index (Phi) is 4.72. The highest BCUT2D eigenvalue weighted by Crippen LogP contribution is 2.37. The lowest BCUT2D eigenvalue weighted by molar-refractivity contribution is 0.236. The Hall–Kier alpha value is -2.64. The number of hydrogen-bond donors (Lipinski definition) is 0. The molecule has 1 atom stereocenters. The standard InChI is InChI=1S/C21H17BrN2O3S/c1-15-7-13-18(14-8-15)28(26,27)24-20-6-4-2-3-5-19(20)23(21(24)25)17-11-9-16(22)10-12-17/h2-14,20H,1H3. The van der Waals surface area contributed by atoms with Gasteiger partial charge in [-0.1, -0.05) is 57.9 Å². The summed E-state index contributed by atoms with van der Waals surface area (Å²) in [6.07, 6.45) is 8.86. The summed E-state index contributed by atoms with van der Waals surface area (Å²) < 4.78 is 28.5. The van der Waals surface area contributed by atoms with Gasteiger partial charge < -0.3 is 0 Å². The molecule has 0 spiro atoms. The third-order valence-corrected chi connectivity index (χ3v) is 6.94. The van der Waals surface area contributed by atoms with Gasteiger partial charge in [-0.2, -0.15) is 0 Å². The predicted octanol–water partition coefficient (Wildman–Crippen LogP) is 4.77. The van der Waals surface area contributed by atoms with E-state index in [1.807, 2.05) is 25.1 Å². The monoisotopic (exact) mass is 456 g/mol. The average Bonchev–Trinajstić information content (AvgIpc) is 2.80. The second-order valence-electron chi connectivity index (χ2n) is 6.51. The van der Waals surface area contributed by atoms with Crippen LogP contribution in [0.15, 0.2) is 94.0 Å². The molecule has 5 nitrogen and oxygen atoms in total. The topological polar surface area (TPSA) is 57.7 Å². The van der Waals surface area contributed by atoms with Crippen molar-refractivity contribution in [2.75, 3.05) is 4.90 Å². The van der Waals surface area contributed by atoms with Crippen molar-refractivity contribution in [2.45, 2.75) is 17.9 Å². The highest BCUT2D eigenvalue weighted by Gasteiger charge is 2.48. The summed E-state index contributed by atoms with van der Waals surface area (Å²) in [5, 5.41) is 0. The van der Waals surface area contributed by atoms with Crippen LogP contribution in [0.3, 0.4) is 0 Å². The lowest BCUT2D eigenvalue weighted by Crippen LogP contribution is -2.39. The predicted molar refractivity (Wildman–Crippen MR) is 112 cm³/mol. The fraction of sp³-hybridized carbons (Fsp3) is 0.0952. The van der Waals surface area contributed by atoms with Crippen LogP contribution in [0.4, 0.5) is 10.5 Å². The minimum Gasteiger partial charge on any atom is -0.263 e. The van der Waals surface area contributed by atoms with Crippen LogP contribution < -0.4 is 4.90 Å². The molecule has 1 aliphatic carbocycles. The number of halogens is 1. The minimum atomic E-state index is -4.03. The first kappa shape index (κ1) is 18.7. The van der Waals surface area contributed by atoms with E-state index in [1.54, 1.807) is 48.6 Å². The number of benzene rings is 2. The van der Waals surface area contributed by atoms with Gasteiger partial charge in [0.15, 0.2) is 0 Å². The van der Waals surface area contributed by atoms with Crippen molar-refractivity contribution in [1.29, 1.82) is 0 Å². The normalized spacial score (nSPS) is 18.9. The number of aryl methyl sites for hydroxylation is 1. The zero-order chi connectivity index (χ0) is 19.9. The molecule has 1 heterocycles. The first-order valence-electron chi connectivity index (χ1n) is 8.65. The molecule has 0 saturated carbocycles. The zero-order valence-electron chi connectivity index (χ0n) is 15.0. The lowest BCUT2D eigenvalue weighted by Gasteiger charge is -2.20.